The van der Waals surface area contributed by atoms with Gasteiger partial charge in [-0.2, -0.15) is 0 Å². The fourth-order valence-electron chi connectivity index (χ4n) is 2.92. The third kappa shape index (κ3) is 3.17. The summed E-state index contributed by atoms with van der Waals surface area (Å²) in [6.45, 7) is 0. The molecule has 0 spiro atoms. The third-order valence-corrected chi connectivity index (χ3v) is 6.52. The summed E-state index contributed by atoms with van der Waals surface area (Å²) in [7, 11) is 1.71. The zero-order valence-corrected chi connectivity index (χ0v) is 16.4. The Bertz CT molecular complexity index is 1200. The Kier molecular flexibility index (Phi) is 4.66. The van der Waals surface area contributed by atoms with Gasteiger partial charge in [-0.05, 0) is 0 Å². The van der Waals surface area contributed by atoms with E-state index in [1.165, 1.54) is 12.1 Å². The predicted octanol–water partition coefficient (Wildman–Crippen LogP) is 3.25. The van der Waals surface area contributed by atoms with E-state index >= 15 is 0 Å². The molecule has 0 atom stereocenters. The first kappa shape index (κ1) is 18.3. The van der Waals surface area contributed by atoms with E-state index in [0.29, 0.717) is 27.1 Å². The summed E-state index contributed by atoms with van der Waals surface area (Å²) in [4.78, 5) is 16.0. The number of hydrogen-bond donors (Lipinski definition) is 1. The number of halogens is 2. The van der Waals surface area contributed by atoms with Gasteiger partial charge in [-0.25, -0.2) is 0 Å². The monoisotopic (exact) mass is 444 g/mol. The molecule has 0 saturated carbocycles. The van der Waals surface area contributed by atoms with Crippen LogP contribution in [-0.4, -0.2) is 35.2 Å². The van der Waals surface area contributed by atoms with Crippen LogP contribution in [-0.2, 0) is 7.05 Å². The summed E-state index contributed by atoms with van der Waals surface area (Å²) in [5.41, 5.74) is 7.50. The van der Waals surface area contributed by atoms with Gasteiger partial charge in [-0.1, -0.05) is 0 Å². The van der Waals surface area contributed by atoms with Gasteiger partial charge in [-0.15, -0.1) is 0 Å². The Balaban J connectivity index is 1.92. The number of benzene rings is 2. The molecule has 5 nitrogen and oxygen atoms in total. The molecular formula is C20H14F2N4OSe. The van der Waals surface area contributed by atoms with Gasteiger partial charge in [0.2, 0.25) is 0 Å². The molecule has 0 bridgehead atoms. The molecule has 1 amide bonds. The Morgan fingerprint density at radius 2 is 1.64 bits per heavy atom. The van der Waals surface area contributed by atoms with Crippen LogP contribution in [0.1, 0.15) is 9.36 Å². The van der Waals surface area contributed by atoms with Crippen LogP contribution < -0.4 is 5.73 Å². The van der Waals surface area contributed by atoms with Crippen LogP contribution in [0.3, 0.4) is 0 Å². The molecule has 28 heavy (non-hydrogen) atoms. The molecule has 8 heteroatoms. The number of hydrogen-bond acceptors (Lipinski definition) is 3. The van der Waals surface area contributed by atoms with Gasteiger partial charge >= 0.3 is 165 Å². The van der Waals surface area contributed by atoms with E-state index in [1.54, 1.807) is 54.2 Å². The fourth-order valence-corrected chi connectivity index (χ4v) is 4.97. The molecule has 140 valence electrons. The normalized spacial score (nSPS) is 11.0. The van der Waals surface area contributed by atoms with Crippen LogP contribution >= 0.6 is 0 Å². The zero-order chi connectivity index (χ0) is 19.8. The summed E-state index contributed by atoms with van der Waals surface area (Å²) >= 11 is -0.524. The van der Waals surface area contributed by atoms with Crippen molar-refractivity contribution < 1.29 is 13.6 Å². The number of amides is 1. The Labute approximate surface area is 165 Å². The van der Waals surface area contributed by atoms with Gasteiger partial charge in [0.05, 0.1) is 0 Å². The average Bonchev–Trinajstić information content (AvgIpc) is 3.26. The molecule has 4 rings (SSSR count). The number of primary amides is 1. The second-order valence-corrected chi connectivity index (χ2v) is 8.16. The molecule has 0 saturated heterocycles. The van der Waals surface area contributed by atoms with E-state index in [-0.39, 0.29) is 15.9 Å². The number of rotatable bonds is 4. The third-order valence-electron chi connectivity index (χ3n) is 4.23. The Hall–Kier alpha value is -3.09. The van der Waals surface area contributed by atoms with Crippen LogP contribution in [0.2, 0.25) is 0 Å². The van der Waals surface area contributed by atoms with Crippen molar-refractivity contribution in [3.05, 3.63) is 70.8 Å². The Morgan fingerprint density at radius 1 is 1.04 bits per heavy atom. The van der Waals surface area contributed by atoms with E-state index in [0.717, 1.165) is 0 Å². The first-order chi connectivity index (χ1) is 13.5. The SMILES string of the molecule is Cn1nc(-c2ccccc2F)cc1-c1[se]c(C(N)=O)nc1-c1ccccc1F. The van der Waals surface area contributed by atoms with E-state index in [4.69, 9.17) is 5.73 Å². The molecule has 0 fully saturated rings. The molecule has 0 radical (unpaired) electrons. The van der Waals surface area contributed by atoms with Crippen molar-refractivity contribution in [2.24, 2.45) is 12.8 Å². The number of aromatic nitrogens is 3. The second-order valence-electron chi connectivity index (χ2n) is 6.06. The van der Waals surface area contributed by atoms with Crippen molar-refractivity contribution in [1.29, 1.82) is 0 Å². The number of carbonyl (C=O) groups is 1. The van der Waals surface area contributed by atoms with Crippen LogP contribution in [0.15, 0.2) is 54.6 Å². The number of nitrogens with zero attached hydrogens (tertiary/aromatic N) is 3. The number of aryl methyl sites for hydroxylation is 1. The molecule has 0 aliphatic rings. The van der Waals surface area contributed by atoms with Gasteiger partial charge < -0.3 is 0 Å². The number of nitrogens with two attached hydrogens (primary N) is 1. The molecule has 2 N–H and O–H groups in total. The summed E-state index contributed by atoms with van der Waals surface area (Å²) in [6, 6.07) is 14.3. The molecule has 0 aliphatic carbocycles. The quantitative estimate of drug-likeness (QED) is 0.493. The van der Waals surface area contributed by atoms with Crippen molar-refractivity contribution in [1.82, 2.24) is 14.8 Å². The first-order valence-corrected chi connectivity index (χ1v) is 10.0. The van der Waals surface area contributed by atoms with E-state index < -0.39 is 26.2 Å². The minimum atomic E-state index is -0.639. The van der Waals surface area contributed by atoms with Crippen LogP contribution in [0.5, 0.6) is 0 Å². The average molecular weight is 443 g/mol. The van der Waals surface area contributed by atoms with E-state index in [9.17, 15) is 13.6 Å². The fraction of sp³-hybridized carbons (Fsp3) is 0.0500. The number of carbonyl (C=O) groups excluding carboxylic acids is 1. The van der Waals surface area contributed by atoms with Gasteiger partial charge in [-0.3, -0.25) is 0 Å². The predicted molar refractivity (Wildman–Crippen MR) is 103 cm³/mol. The van der Waals surface area contributed by atoms with Gasteiger partial charge in [0.1, 0.15) is 0 Å². The summed E-state index contributed by atoms with van der Waals surface area (Å²) < 4.78 is 31.0. The van der Waals surface area contributed by atoms with Crippen molar-refractivity contribution in [2.75, 3.05) is 0 Å². The summed E-state index contributed by atoms with van der Waals surface area (Å²) in [5.74, 6) is -1.47. The molecule has 0 aliphatic heterocycles. The molecule has 2 heterocycles. The molecular weight excluding hydrogens is 429 g/mol. The minimum absolute atomic E-state index is 0.203. The van der Waals surface area contributed by atoms with Gasteiger partial charge in [0, 0.05) is 0 Å². The van der Waals surface area contributed by atoms with Gasteiger partial charge in [0.15, 0.2) is 0 Å². The van der Waals surface area contributed by atoms with Crippen molar-refractivity contribution in [2.45, 2.75) is 0 Å². The Morgan fingerprint density at radius 3 is 2.25 bits per heavy atom. The van der Waals surface area contributed by atoms with Crippen LogP contribution in [0.25, 0.3) is 32.6 Å². The van der Waals surface area contributed by atoms with Crippen LogP contribution in [0.4, 0.5) is 8.78 Å². The second kappa shape index (κ2) is 7.14. The standard InChI is InChI=1S/C20H14F2N4OSe/c1-26-16(10-15(25-26)11-6-2-4-8-13(11)21)18-17(24-20(28-18)19(23)27)12-7-3-5-9-14(12)22/h2-10H,1H3,(H2,23,27). The molecule has 4 aromatic rings. The van der Waals surface area contributed by atoms with Crippen molar-refractivity contribution in [3.8, 4) is 32.6 Å². The molecule has 2 aromatic heterocycles. The summed E-state index contributed by atoms with van der Waals surface area (Å²) in [5, 5.41) is 4.40. The van der Waals surface area contributed by atoms with Crippen molar-refractivity contribution >= 4 is 20.4 Å². The van der Waals surface area contributed by atoms with Crippen molar-refractivity contribution in [3.63, 3.8) is 0 Å². The topological polar surface area (TPSA) is 73.8 Å². The van der Waals surface area contributed by atoms with E-state index in [1.807, 2.05) is 0 Å². The molecule has 2 aromatic carbocycles. The first-order valence-electron chi connectivity index (χ1n) is 8.30. The maximum absolute atomic E-state index is 14.4. The van der Waals surface area contributed by atoms with E-state index in [2.05, 4.69) is 10.1 Å². The summed E-state index contributed by atoms with van der Waals surface area (Å²) in [6.07, 6.45) is 0. The molecule has 0 unspecified atom stereocenters. The zero-order valence-electron chi connectivity index (χ0n) is 14.7. The van der Waals surface area contributed by atoms with Crippen LogP contribution in [0, 0.1) is 11.6 Å². The van der Waals surface area contributed by atoms with Gasteiger partial charge in [0.25, 0.3) is 0 Å². The maximum atomic E-state index is 14.4.